The number of aromatic nitrogens is 2. The van der Waals surface area contributed by atoms with Crippen LogP contribution >= 0.6 is 27.7 Å². The molecule has 0 radical (unpaired) electrons. The molecule has 2 aromatic carbocycles. The van der Waals surface area contributed by atoms with Gasteiger partial charge in [0.25, 0.3) is 0 Å². The average Bonchev–Trinajstić information content (AvgIpc) is 2.74. The van der Waals surface area contributed by atoms with Crippen molar-refractivity contribution in [3.63, 3.8) is 0 Å². The van der Waals surface area contributed by atoms with E-state index in [2.05, 4.69) is 31.2 Å². The number of rotatable bonds is 6. The van der Waals surface area contributed by atoms with Gasteiger partial charge in [0.2, 0.25) is 5.91 Å². The molecule has 3 rings (SSSR count). The summed E-state index contributed by atoms with van der Waals surface area (Å²) in [6.07, 6.45) is -4.73. The van der Waals surface area contributed by atoms with Crippen molar-refractivity contribution in [1.29, 1.82) is 0 Å². The molecule has 1 amide bonds. The maximum Gasteiger partial charge on any atom is 0.433 e. The van der Waals surface area contributed by atoms with Crippen LogP contribution in [0.3, 0.4) is 0 Å². The third-order valence-corrected chi connectivity index (χ3v) is 5.46. The molecule has 0 unspecified atom stereocenters. The van der Waals surface area contributed by atoms with Crippen molar-refractivity contribution in [2.45, 2.75) is 11.3 Å². The second-order valence-corrected chi connectivity index (χ2v) is 8.03. The highest BCUT2D eigenvalue weighted by molar-refractivity contribution is 9.10. The maximum absolute atomic E-state index is 13.9. The highest BCUT2D eigenvalue weighted by Gasteiger charge is 2.34. The summed E-state index contributed by atoms with van der Waals surface area (Å²) in [7, 11) is 1.46. The van der Waals surface area contributed by atoms with Crippen molar-refractivity contribution in [2.75, 3.05) is 18.2 Å². The highest BCUT2D eigenvalue weighted by atomic mass is 79.9. The topological polar surface area (TPSA) is 64.1 Å². The van der Waals surface area contributed by atoms with Gasteiger partial charge < -0.3 is 10.1 Å². The molecule has 0 atom stereocenters. The van der Waals surface area contributed by atoms with Gasteiger partial charge in [-0.1, -0.05) is 11.8 Å². The second-order valence-electron chi connectivity index (χ2n) is 6.23. The van der Waals surface area contributed by atoms with E-state index in [0.29, 0.717) is 29.1 Å². The third kappa shape index (κ3) is 5.94. The Morgan fingerprint density at radius 1 is 1.12 bits per heavy atom. The van der Waals surface area contributed by atoms with Crippen LogP contribution in [0.2, 0.25) is 0 Å². The Balaban J connectivity index is 1.81. The van der Waals surface area contributed by atoms with Crippen LogP contribution in [0.5, 0.6) is 5.75 Å². The molecule has 1 aromatic heterocycles. The van der Waals surface area contributed by atoms with Crippen molar-refractivity contribution in [2.24, 2.45) is 0 Å². The minimum Gasteiger partial charge on any atom is -0.497 e. The SMILES string of the molecule is COc1ccc(-c2cc(C(F)(F)F)nc(SCC(=O)Nc3c(F)cc(F)cc3Br)n2)cc1. The fourth-order valence-electron chi connectivity index (χ4n) is 2.51. The van der Waals surface area contributed by atoms with E-state index >= 15 is 0 Å². The summed E-state index contributed by atoms with van der Waals surface area (Å²) in [6.45, 7) is 0. The van der Waals surface area contributed by atoms with Gasteiger partial charge in [-0.2, -0.15) is 13.2 Å². The van der Waals surface area contributed by atoms with Crippen molar-refractivity contribution in [1.82, 2.24) is 9.97 Å². The Morgan fingerprint density at radius 3 is 2.41 bits per heavy atom. The normalized spacial score (nSPS) is 11.3. The van der Waals surface area contributed by atoms with Gasteiger partial charge in [0, 0.05) is 16.1 Å². The molecular formula is C20H13BrF5N3O2S. The Bertz CT molecular complexity index is 1120. The molecule has 168 valence electrons. The number of hydrogen-bond donors (Lipinski definition) is 1. The molecule has 0 bridgehead atoms. The van der Waals surface area contributed by atoms with Crippen LogP contribution < -0.4 is 10.1 Å². The molecule has 5 nitrogen and oxygen atoms in total. The van der Waals surface area contributed by atoms with E-state index in [9.17, 15) is 26.7 Å². The first kappa shape index (κ1) is 23.9. The van der Waals surface area contributed by atoms with Crippen LogP contribution in [0.1, 0.15) is 5.69 Å². The number of carbonyl (C=O) groups excluding carboxylic acids is 1. The number of methoxy groups -OCH3 is 1. The number of thioether (sulfide) groups is 1. The van der Waals surface area contributed by atoms with Crippen LogP contribution in [0.25, 0.3) is 11.3 Å². The number of anilines is 1. The van der Waals surface area contributed by atoms with Crippen molar-refractivity contribution in [3.8, 4) is 17.0 Å². The van der Waals surface area contributed by atoms with E-state index in [1.807, 2.05) is 0 Å². The van der Waals surface area contributed by atoms with Crippen molar-refractivity contribution >= 4 is 39.3 Å². The van der Waals surface area contributed by atoms with E-state index in [4.69, 9.17) is 4.74 Å². The first-order valence-corrected chi connectivity index (χ1v) is 10.5. The molecule has 1 heterocycles. The number of halogens is 6. The summed E-state index contributed by atoms with van der Waals surface area (Å²) in [6, 6.07) is 8.57. The van der Waals surface area contributed by atoms with Crippen molar-refractivity contribution in [3.05, 3.63) is 64.3 Å². The number of nitrogens with one attached hydrogen (secondary N) is 1. The lowest BCUT2D eigenvalue weighted by Crippen LogP contribution is -2.16. The first-order valence-electron chi connectivity index (χ1n) is 8.74. The van der Waals surface area contributed by atoms with Crippen LogP contribution in [0.4, 0.5) is 27.6 Å². The molecule has 0 saturated heterocycles. The molecular weight excluding hydrogens is 521 g/mol. The van der Waals surface area contributed by atoms with E-state index in [1.54, 1.807) is 12.1 Å². The minimum atomic E-state index is -4.73. The zero-order chi connectivity index (χ0) is 23.5. The lowest BCUT2D eigenvalue weighted by atomic mass is 10.1. The van der Waals surface area contributed by atoms with E-state index < -0.39 is 35.2 Å². The van der Waals surface area contributed by atoms with Crippen molar-refractivity contribution < 1.29 is 31.5 Å². The number of alkyl halides is 3. The highest BCUT2D eigenvalue weighted by Crippen LogP contribution is 2.33. The molecule has 1 N–H and O–H groups in total. The van der Waals surface area contributed by atoms with Gasteiger partial charge in [-0.3, -0.25) is 4.79 Å². The number of carbonyl (C=O) groups is 1. The molecule has 3 aromatic rings. The molecule has 32 heavy (non-hydrogen) atoms. The van der Waals surface area contributed by atoms with Gasteiger partial charge in [-0.05, 0) is 52.3 Å². The first-order chi connectivity index (χ1) is 15.1. The van der Waals surface area contributed by atoms with Gasteiger partial charge in [-0.15, -0.1) is 0 Å². The summed E-state index contributed by atoms with van der Waals surface area (Å²) in [5.74, 6) is -2.48. The number of nitrogens with zero attached hydrogens (tertiary/aromatic N) is 2. The molecule has 0 fully saturated rings. The number of amides is 1. The molecule has 0 aliphatic rings. The third-order valence-electron chi connectivity index (χ3n) is 3.99. The fourth-order valence-corrected chi connectivity index (χ4v) is 3.68. The van der Waals surface area contributed by atoms with Gasteiger partial charge in [-0.25, -0.2) is 18.7 Å². The summed E-state index contributed by atoms with van der Waals surface area (Å²) in [5.41, 5.74) is -1.07. The smallest absolute Gasteiger partial charge is 0.433 e. The summed E-state index contributed by atoms with van der Waals surface area (Å²) >= 11 is 3.58. The quantitative estimate of drug-likeness (QED) is 0.241. The lowest BCUT2D eigenvalue weighted by molar-refractivity contribution is -0.141. The maximum atomic E-state index is 13.9. The Morgan fingerprint density at radius 2 is 1.81 bits per heavy atom. The molecule has 12 heteroatoms. The van der Waals surface area contributed by atoms with Crippen LogP contribution in [-0.2, 0) is 11.0 Å². The number of benzene rings is 2. The van der Waals surface area contributed by atoms with E-state index in [1.165, 1.54) is 19.2 Å². The van der Waals surface area contributed by atoms with Crippen LogP contribution in [-0.4, -0.2) is 28.7 Å². The molecule has 0 aliphatic heterocycles. The molecule has 0 saturated carbocycles. The second kappa shape index (κ2) is 9.82. The number of hydrogen-bond acceptors (Lipinski definition) is 5. The lowest BCUT2D eigenvalue weighted by Gasteiger charge is -2.11. The summed E-state index contributed by atoms with van der Waals surface area (Å²) in [5, 5.41) is 1.95. The average molecular weight is 534 g/mol. The molecule has 0 aliphatic carbocycles. The van der Waals surface area contributed by atoms with Crippen LogP contribution in [0.15, 0.2) is 52.1 Å². The standard InChI is InChI=1S/C20H13BrF5N3O2S/c1-31-12-4-2-10(3-5-12)15-8-16(20(24,25)26)28-19(27-15)32-9-17(30)29-18-13(21)6-11(22)7-14(18)23/h2-8H,9H2,1H3,(H,29,30). The summed E-state index contributed by atoms with van der Waals surface area (Å²) < 4.78 is 72.0. The number of ether oxygens (including phenoxy) is 1. The van der Waals surface area contributed by atoms with Gasteiger partial charge in [0.15, 0.2) is 11.0 Å². The Labute approximate surface area is 191 Å². The van der Waals surface area contributed by atoms with E-state index in [0.717, 1.165) is 12.1 Å². The zero-order valence-corrected chi connectivity index (χ0v) is 18.5. The van der Waals surface area contributed by atoms with Gasteiger partial charge in [0.1, 0.15) is 17.3 Å². The predicted octanol–water partition coefficient (Wildman–Crippen LogP) is 5.94. The predicted molar refractivity (Wildman–Crippen MR) is 112 cm³/mol. The monoisotopic (exact) mass is 533 g/mol. The Kier molecular flexibility index (Phi) is 7.34. The zero-order valence-electron chi connectivity index (χ0n) is 16.1. The summed E-state index contributed by atoms with van der Waals surface area (Å²) in [4.78, 5) is 19.8. The van der Waals surface area contributed by atoms with E-state index in [-0.39, 0.29) is 21.0 Å². The molecule has 0 spiro atoms. The Hall–Kier alpha value is -2.73. The van der Waals surface area contributed by atoms with Gasteiger partial charge >= 0.3 is 6.18 Å². The largest absolute Gasteiger partial charge is 0.497 e. The van der Waals surface area contributed by atoms with Crippen LogP contribution in [0, 0.1) is 11.6 Å². The fraction of sp³-hybridized carbons (Fsp3) is 0.150. The van der Waals surface area contributed by atoms with Gasteiger partial charge in [0.05, 0.1) is 24.2 Å². The minimum absolute atomic E-state index is 0.00482.